The summed E-state index contributed by atoms with van der Waals surface area (Å²) >= 11 is 0. The first-order valence-electron chi connectivity index (χ1n) is 7.68. The van der Waals surface area contributed by atoms with Crippen LogP contribution in [0.1, 0.15) is 53.9 Å². The molecule has 0 N–H and O–H groups in total. The molecule has 0 unspecified atom stereocenters. The molecule has 0 aromatic carbocycles. The van der Waals surface area contributed by atoms with Crippen molar-refractivity contribution in [3.63, 3.8) is 0 Å². The minimum absolute atomic E-state index is 0.0178. The number of hydrogen-bond donors (Lipinski definition) is 0. The lowest BCUT2D eigenvalue weighted by Gasteiger charge is -2.32. The highest BCUT2D eigenvalue weighted by molar-refractivity contribution is 6.06. The lowest BCUT2D eigenvalue weighted by Crippen LogP contribution is -2.19. The van der Waals surface area contributed by atoms with E-state index in [4.69, 9.17) is 0 Å². The van der Waals surface area contributed by atoms with Gasteiger partial charge < -0.3 is 0 Å². The minimum atomic E-state index is 0.0178. The molecule has 1 heteroatoms. The summed E-state index contributed by atoms with van der Waals surface area (Å²) in [6.07, 6.45) is 12.7. The van der Waals surface area contributed by atoms with Crippen molar-refractivity contribution in [3.05, 3.63) is 59.3 Å². The van der Waals surface area contributed by atoms with Crippen LogP contribution in [-0.2, 0) is 4.79 Å². The van der Waals surface area contributed by atoms with E-state index in [1.807, 2.05) is 32.1 Å². The van der Waals surface area contributed by atoms with Gasteiger partial charge in [0.25, 0.3) is 0 Å². The monoisotopic (exact) mass is 284 g/mol. The number of carbonyl (C=O) groups is 1. The van der Waals surface area contributed by atoms with Gasteiger partial charge in [-0.3, -0.25) is 4.79 Å². The molecule has 0 aromatic rings. The summed E-state index contributed by atoms with van der Waals surface area (Å²) in [5.41, 5.74) is 4.69. The number of carbonyl (C=O) groups excluding carboxylic acids is 1. The van der Waals surface area contributed by atoms with E-state index in [2.05, 4.69) is 27.4 Å². The van der Waals surface area contributed by atoms with E-state index in [0.717, 1.165) is 12.0 Å². The Morgan fingerprint density at radius 2 is 1.90 bits per heavy atom. The van der Waals surface area contributed by atoms with Gasteiger partial charge in [0.1, 0.15) is 0 Å². The van der Waals surface area contributed by atoms with Gasteiger partial charge in [-0.1, -0.05) is 55.9 Å². The Morgan fingerprint density at radius 3 is 2.43 bits per heavy atom. The molecule has 0 aliphatic heterocycles. The van der Waals surface area contributed by atoms with Gasteiger partial charge in [0.15, 0.2) is 5.78 Å². The molecule has 0 heterocycles. The first-order valence-corrected chi connectivity index (χ1v) is 7.68. The number of ketones is 1. The number of rotatable bonds is 5. The lowest BCUT2D eigenvalue weighted by atomic mass is 9.72. The predicted molar refractivity (Wildman–Crippen MR) is 92.2 cm³/mol. The molecule has 1 aliphatic carbocycles. The zero-order valence-electron chi connectivity index (χ0n) is 14.1. The second-order valence-corrected chi connectivity index (χ2v) is 6.70. The smallest absolute Gasteiger partial charge is 0.185 e. The Bertz CT molecular complexity index is 532. The van der Waals surface area contributed by atoms with Gasteiger partial charge in [0.2, 0.25) is 0 Å². The fourth-order valence-corrected chi connectivity index (χ4v) is 2.77. The van der Waals surface area contributed by atoms with Crippen LogP contribution < -0.4 is 0 Å². The second kappa shape index (κ2) is 7.40. The van der Waals surface area contributed by atoms with E-state index in [9.17, 15) is 4.79 Å². The molecule has 1 aliphatic rings. The molecule has 0 spiro atoms. The molecular formula is C20H28O. The van der Waals surface area contributed by atoms with Gasteiger partial charge in [-0.25, -0.2) is 0 Å². The maximum atomic E-state index is 12.3. The fraction of sp³-hybridized carbons (Fsp3) is 0.450. The molecule has 114 valence electrons. The average Bonchev–Trinajstić information content (AvgIpc) is 2.37. The van der Waals surface area contributed by atoms with Crippen LogP contribution in [0, 0.1) is 5.41 Å². The lowest BCUT2D eigenvalue weighted by molar-refractivity contribution is -0.111. The molecule has 21 heavy (non-hydrogen) atoms. The fourth-order valence-electron chi connectivity index (χ4n) is 2.77. The van der Waals surface area contributed by atoms with E-state index in [1.54, 1.807) is 12.2 Å². The van der Waals surface area contributed by atoms with Crippen molar-refractivity contribution in [2.75, 3.05) is 0 Å². The molecule has 0 saturated heterocycles. The second-order valence-electron chi connectivity index (χ2n) is 6.70. The quantitative estimate of drug-likeness (QED) is 0.466. The summed E-state index contributed by atoms with van der Waals surface area (Å²) in [7, 11) is 0. The molecular weight excluding hydrogens is 256 g/mol. The molecule has 0 atom stereocenters. The third kappa shape index (κ3) is 5.00. The maximum absolute atomic E-state index is 12.3. The van der Waals surface area contributed by atoms with Gasteiger partial charge in [0, 0.05) is 5.57 Å². The van der Waals surface area contributed by atoms with Crippen molar-refractivity contribution < 1.29 is 4.79 Å². The van der Waals surface area contributed by atoms with Crippen molar-refractivity contribution in [3.8, 4) is 0 Å². The van der Waals surface area contributed by atoms with Crippen molar-refractivity contribution in [1.29, 1.82) is 0 Å². The molecule has 1 rings (SSSR count). The average molecular weight is 284 g/mol. The van der Waals surface area contributed by atoms with E-state index >= 15 is 0 Å². The van der Waals surface area contributed by atoms with E-state index in [1.165, 1.54) is 24.0 Å². The van der Waals surface area contributed by atoms with Crippen LogP contribution in [0.3, 0.4) is 0 Å². The third-order valence-electron chi connectivity index (χ3n) is 4.04. The van der Waals surface area contributed by atoms with Crippen LogP contribution in [-0.4, -0.2) is 5.78 Å². The Kier molecular flexibility index (Phi) is 6.14. The van der Waals surface area contributed by atoms with E-state index in [-0.39, 0.29) is 11.2 Å². The highest BCUT2D eigenvalue weighted by Gasteiger charge is 2.26. The summed E-state index contributed by atoms with van der Waals surface area (Å²) in [5, 5.41) is 0. The molecule has 0 aromatic heterocycles. The Hall–Kier alpha value is -1.63. The number of allylic oxidation sites excluding steroid dienone is 9. The van der Waals surface area contributed by atoms with Crippen LogP contribution in [0.25, 0.3) is 0 Å². The standard InChI is InChI=1S/C20H28O/c1-7-17(11-10-15(2)3)19(21)13-12-18-16(4)9-8-14-20(18,5)6/h7,10-13H,1,8-9,14H2,2-6H3/b13-12+,17-11-. The van der Waals surface area contributed by atoms with Gasteiger partial charge in [-0.15, -0.1) is 0 Å². The Balaban J connectivity index is 2.98. The Morgan fingerprint density at radius 1 is 1.24 bits per heavy atom. The summed E-state index contributed by atoms with van der Waals surface area (Å²) in [4.78, 5) is 12.3. The van der Waals surface area contributed by atoms with Crippen molar-refractivity contribution >= 4 is 5.78 Å². The van der Waals surface area contributed by atoms with Gasteiger partial charge in [0.05, 0.1) is 0 Å². The predicted octanol–water partition coefficient (Wildman–Crippen LogP) is 5.72. The summed E-state index contributed by atoms with van der Waals surface area (Å²) in [5.74, 6) is 0.0178. The number of hydrogen-bond acceptors (Lipinski definition) is 1. The maximum Gasteiger partial charge on any atom is 0.185 e. The van der Waals surface area contributed by atoms with E-state index in [0.29, 0.717) is 5.57 Å². The van der Waals surface area contributed by atoms with Gasteiger partial charge in [-0.05, 0) is 57.1 Å². The molecule has 0 radical (unpaired) electrons. The van der Waals surface area contributed by atoms with E-state index < -0.39 is 0 Å². The van der Waals surface area contributed by atoms with Gasteiger partial charge in [-0.2, -0.15) is 0 Å². The SMILES string of the molecule is C=C/C(=C/C=C(C)C)C(=O)/C=C/C1=C(C)CCCC1(C)C. The normalized spacial score (nSPS) is 18.8. The molecule has 0 saturated carbocycles. The highest BCUT2D eigenvalue weighted by Crippen LogP contribution is 2.40. The molecule has 1 nitrogen and oxygen atoms in total. The van der Waals surface area contributed by atoms with Crippen molar-refractivity contribution in [1.82, 2.24) is 0 Å². The summed E-state index contributed by atoms with van der Waals surface area (Å²) in [6.45, 7) is 14.4. The van der Waals surface area contributed by atoms with Crippen LogP contribution in [0.4, 0.5) is 0 Å². The zero-order chi connectivity index (χ0) is 16.0. The first kappa shape index (κ1) is 17.4. The Labute approximate surface area is 129 Å². The van der Waals surface area contributed by atoms with Gasteiger partial charge >= 0.3 is 0 Å². The molecule has 0 bridgehead atoms. The molecule has 0 fully saturated rings. The third-order valence-corrected chi connectivity index (χ3v) is 4.04. The van der Waals surface area contributed by atoms with Crippen LogP contribution in [0.5, 0.6) is 0 Å². The zero-order valence-corrected chi connectivity index (χ0v) is 14.1. The minimum Gasteiger partial charge on any atom is -0.289 e. The summed E-state index contributed by atoms with van der Waals surface area (Å²) < 4.78 is 0. The first-order chi connectivity index (χ1) is 9.77. The largest absolute Gasteiger partial charge is 0.289 e. The topological polar surface area (TPSA) is 17.1 Å². The highest BCUT2D eigenvalue weighted by atomic mass is 16.1. The molecule has 0 amide bonds. The van der Waals surface area contributed by atoms with Crippen LogP contribution >= 0.6 is 0 Å². The van der Waals surface area contributed by atoms with Crippen molar-refractivity contribution in [2.45, 2.75) is 53.9 Å². The van der Waals surface area contributed by atoms with Crippen LogP contribution in [0.2, 0.25) is 0 Å². The van der Waals surface area contributed by atoms with Crippen LogP contribution in [0.15, 0.2) is 59.3 Å². The van der Waals surface area contributed by atoms with Crippen molar-refractivity contribution in [2.24, 2.45) is 5.41 Å². The summed E-state index contributed by atoms with van der Waals surface area (Å²) in [6, 6.07) is 0.